The summed E-state index contributed by atoms with van der Waals surface area (Å²) in [4.78, 5) is 17.0. The van der Waals surface area contributed by atoms with Crippen molar-refractivity contribution in [1.82, 2.24) is 10.3 Å². The van der Waals surface area contributed by atoms with Crippen LogP contribution >= 0.6 is 0 Å². The van der Waals surface area contributed by atoms with E-state index in [1.165, 1.54) is 0 Å². The molecule has 0 aliphatic rings. The van der Waals surface area contributed by atoms with Crippen LogP contribution in [-0.2, 0) is 0 Å². The monoisotopic (exact) mass is 260 g/mol. The lowest BCUT2D eigenvalue weighted by atomic mass is 10.0. The molecule has 1 heterocycles. The van der Waals surface area contributed by atoms with Crippen molar-refractivity contribution in [1.29, 1.82) is 0 Å². The average Bonchev–Trinajstić information content (AvgIpc) is 2.50. The normalized spacial score (nSPS) is 10.3. The number of fused-ring (bicyclic) bond motifs is 2. The van der Waals surface area contributed by atoms with E-state index in [0.717, 1.165) is 21.8 Å². The topological polar surface area (TPSA) is 42.0 Å². The zero-order valence-corrected chi connectivity index (χ0v) is 10.8. The smallest absolute Gasteiger partial charge is 0.253 e. The Kier molecular flexibility index (Phi) is 3.06. The minimum Gasteiger partial charge on any atom is -0.341 e. The largest absolute Gasteiger partial charge is 0.341 e. The first-order chi connectivity index (χ1) is 9.81. The molecule has 0 saturated heterocycles. The molecule has 96 valence electrons. The number of benzene rings is 2. The summed E-state index contributed by atoms with van der Waals surface area (Å²) in [5.74, 6) is 2.25. The van der Waals surface area contributed by atoms with E-state index in [1.54, 1.807) is 0 Å². The highest BCUT2D eigenvalue weighted by Gasteiger charge is 2.14. The minimum absolute atomic E-state index is 0.169. The van der Waals surface area contributed by atoms with Gasteiger partial charge in [-0.05, 0) is 12.1 Å². The Balaban J connectivity index is 2.34. The molecule has 0 unspecified atom stereocenters. The van der Waals surface area contributed by atoms with Crippen molar-refractivity contribution >= 4 is 27.7 Å². The van der Waals surface area contributed by atoms with Crippen molar-refractivity contribution in [2.45, 2.75) is 0 Å². The van der Waals surface area contributed by atoms with Gasteiger partial charge in [-0.1, -0.05) is 42.3 Å². The molecule has 1 aromatic heterocycles. The molecule has 2 aromatic carbocycles. The molecule has 20 heavy (non-hydrogen) atoms. The van der Waals surface area contributed by atoms with Crippen LogP contribution in [0.15, 0.2) is 48.5 Å². The van der Waals surface area contributed by atoms with Crippen LogP contribution < -0.4 is 5.32 Å². The maximum atomic E-state index is 12.4. The highest BCUT2D eigenvalue weighted by molar-refractivity contribution is 6.16. The molecule has 3 heteroatoms. The Morgan fingerprint density at radius 3 is 2.15 bits per heavy atom. The van der Waals surface area contributed by atoms with Gasteiger partial charge in [0, 0.05) is 10.8 Å². The van der Waals surface area contributed by atoms with E-state index in [9.17, 15) is 4.79 Å². The van der Waals surface area contributed by atoms with Gasteiger partial charge < -0.3 is 5.32 Å². The van der Waals surface area contributed by atoms with E-state index in [1.807, 2.05) is 48.5 Å². The molecule has 0 fully saturated rings. The summed E-state index contributed by atoms with van der Waals surface area (Å²) in [7, 11) is 0. The van der Waals surface area contributed by atoms with Gasteiger partial charge in [0.2, 0.25) is 0 Å². The lowest BCUT2D eigenvalue weighted by Crippen LogP contribution is -2.24. The molecular formula is C17H12N2O. The first-order valence-electron chi connectivity index (χ1n) is 6.30. The first kappa shape index (κ1) is 12.2. The van der Waals surface area contributed by atoms with Gasteiger partial charge in [-0.2, -0.15) is 0 Å². The second-order valence-corrected chi connectivity index (χ2v) is 4.41. The van der Waals surface area contributed by atoms with Crippen LogP contribution in [0.4, 0.5) is 0 Å². The van der Waals surface area contributed by atoms with E-state index in [4.69, 9.17) is 6.42 Å². The molecule has 0 radical (unpaired) electrons. The fourth-order valence-corrected chi connectivity index (χ4v) is 2.30. The maximum absolute atomic E-state index is 12.4. The Bertz CT molecular complexity index is 792. The number of nitrogens with one attached hydrogen (secondary N) is 1. The Hall–Kier alpha value is -2.86. The number of hydrogen-bond acceptors (Lipinski definition) is 2. The molecule has 0 atom stereocenters. The van der Waals surface area contributed by atoms with Crippen LogP contribution in [0, 0.1) is 12.3 Å². The standard InChI is InChI=1S/C17H12N2O/c1-2-11-18-17(20)16-12-7-3-5-9-14(12)19-15-10-6-4-8-13(15)16/h1,3-10H,11H2,(H,18,20). The molecule has 3 rings (SSSR count). The fraction of sp³-hybridized carbons (Fsp3) is 0.0588. The predicted octanol–water partition coefficient (Wildman–Crippen LogP) is 2.75. The average molecular weight is 260 g/mol. The molecule has 1 amide bonds. The minimum atomic E-state index is -0.169. The SMILES string of the molecule is C#CCNC(=O)c1c2ccccc2nc2ccccc12. The molecule has 0 aliphatic heterocycles. The quantitative estimate of drug-likeness (QED) is 0.568. The molecule has 1 N–H and O–H groups in total. The van der Waals surface area contributed by atoms with E-state index in [-0.39, 0.29) is 12.5 Å². The Labute approximate surface area is 116 Å². The highest BCUT2D eigenvalue weighted by Crippen LogP contribution is 2.25. The summed E-state index contributed by atoms with van der Waals surface area (Å²) in [6, 6.07) is 15.2. The number of hydrogen-bond donors (Lipinski definition) is 1. The second kappa shape index (κ2) is 5.02. The van der Waals surface area contributed by atoms with E-state index in [2.05, 4.69) is 16.2 Å². The van der Waals surface area contributed by atoms with E-state index in [0.29, 0.717) is 5.56 Å². The van der Waals surface area contributed by atoms with Crippen LogP contribution in [-0.4, -0.2) is 17.4 Å². The number of pyridine rings is 1. The van der Waals surface area contributed by atoms with Gasteiger partial charge in [-0.25, -0.2) is 4.98 Å². The van der Waals surface area contributed by atoms with E-state index >= 15 is 0 Å². The van der Waals surface area contributed by atoms with Crippen molar-refractivity contribution in [3.63, 3.8) is 0 Å². The summed E-state index contributed by atoms with van der Waals surface area (Å²) >= 11 is 0. The van der Waals surface area contributed by atoms with Crippen molar-refractivity contribution in [2.75, 3.05) is 6.54 Å². The summed E-state index contributed by atoms with van der Waals surface area (Å²) < 4.78 is 0. The van der Waals surface area contributed by atoms with Crippen LogP contribution in [0.3, 0.4) is 0 Å². The number of terminal acetylenes is 1. The van der Waals surface area contributed by atoms with Gasteiger partial charge in [0.15, 0.2) is 0 Å². The predicted molar refractivity (Wildman–Crippen MR) is 80.4 cm³/mol. The molecule has 0 aliphatic carbocycles. The Morgan fingerprint density at radius 2 is 1.60 bits per heavy atom. The number of nitrogens with zero attached hydrogens (tertiary/aromatic N) is 1. The number of carbonyl (C=O) groups is 1. The second-order valence-electron chi connectivity index (χ2n) is 4.41. The van der Waals surface area contributed by atoms with Gasteiger partial charge in [-0.3, -0.25) is 4.79 Å². The van der Waals surface area contributed by atoms with Crippen molar-refractivity contribution in [3.05, 3.63) is 54.1 Å². The van der Waals surface area contributed by atoms with Crippen LogP contribution in [0.1, 0.15) is 10.4 Å². The zero-order chi connectivity index (χ0) is 13.9. The number of rotatable bonds is 2. The molecule has 3 nitrogen and oxygen atoms in total. The van der Waals surface area contributed by atoms with Gasteiger partial charge in [-0.15, -0.1) is 6.42 Å². The number of amides is 1. The highest BCUT2D eigenvalue weighted by atomic mass is 16.1. The van der Waals surface area contributed by atoms with Crippen LogP contribution in [0.25, 0.3) is 21.8 Å². The van der Waals surface area contributed by atoms with Gasteiger partial charge >= 0.3 is 0 Å². The summed E-state index contributed by atoms with van der Waals surface area (Å²) in [5, 5.41) is 4.40. The summed E-state index contributed by atoms with van der Waals surface area (Å²) in [5.41, 5.74) is 2.23. The van der Waals surface area contributed by atoms with Crippen LogP contribution in [0.5, 0.6) is 0 Å². The zero-order valence-electron chi connectivity index (χ0n) is 10.8. The third-order valence-electron chi connectivity index (χ3n) is 3.17. The molecular weight excluding hydrogens is 248 g/mol. The molecule has 0 spiro atoms. The van der Waals surface area contributed by atoms with Gasteiger partial charge in [0.05, 0.1) is 23.1 Å². The summed E-state index contributed by atoms with van der Waals surface area (Å²) in [6.45, 7) is 0.212. The fourth-order valence-electron chi connectivity index (χ4n) is 2.30. The summed E-state index contributed by atoms with van der Waals surface area (Å²) in [6.07, 6.45) is 5.20. The number of aromatic nitrogens is 1. The molecule has 0 saturated carbocycles. The van der Waals surface area contributed by atoms with Crippen molar-refractivity contribution in [3.8, 4) is 12.3 Å². The molecule has 0 bridgehead atoms. The molecule has 3 aromatic rings. The first-order valence-corrected chi connectivity index (χ1v) is 6.30. The number of carbonyl (C=O) groups excluding carboxylic acids is 1. The van der Waals surface area contributed by atoms with E-state index < -0.39 is 0 Å². The third kappa shape index (κ3) is 1.98. The van der Waals surface area contributed by atoms with Gasteiger partial charge in [0.1, 0.15) is 0 Å². The maximum Gasteiger partial charge on any atom is 0.253 e. The van der Waals surface area contributed by atoms with Crippen LogP contribution in [0.2, 0.25) is 0 Å². The lowest BCUT2D eigenvalue weighted by molar-refractivity contribution is 0.0962. The van der Waals surface area contributed by atoms with Crippen molar-refractivity contribution in [2.24, 2.45) is 0 Å². The van der Waals surface area contributed by atoms with Gasteiger partial charge in [0.25, 0.3) is 5.91 Å². The number of para-hydroxylation sites is 2. The Morgan fingerprint density at radius 1 is 1.05 bits per heavy atom. The third-order valence-corrected chi connectivity index (χ3v) is 3.17. The lowest BCUT2D eigenvalue weighted by Gasteiger charge is -2.10. The van der Waals surface area contributed by atoms with Crippen molar-refractivity contribution < 1.29 is 4.79 Å².